The first kappa shape index (κ1) is 13.3. The van der Waals surface area contributed by atoms with Crippen molar-refractivity contribution in [3.63, 3.8) is 0 Å². The predicted octanol–water partition coefficient (Wildman–Crippen LogP) is 1.88. The topological polar surface area (TPSA) is 24.5 Å². The Bertz CT molecular complexity index is 259. The maximum atomic E-state index is 5.49. The Morgan fingerprint density at radius 1 is 1.24 bits per heavy atom. The van der Waals surface area contributed by atoms with Crippen LogP contribution in [-0.4, -0.2) is 49.3 Å². The number of ether oxygens (including phenoxy) is 1. The van der Waals surface area contributed by atoms with Gasteiger partial charge in [0.05, 0.1) is 0 Å². The lowest BCUT2D eigenvalue weighted by molar-refractivity contribution is -0.0141. The molecule has 2 aliphatic rings. The molecule has 0 aromatic rings. The van der Waals surface area contributed by atoms with Crippen LogP contribution in [0.2, 0.25) is 0 Å². The molecular weight excluding hydrogens is 212 g/mol. The fourth-order valence-electron chi connectivity index (χ4n) is 3.00. The van der Waals surface area contributed by atoms with Crippen molar-refractivity contribution in [1.29, 1.82) is 0 Å². The fraction of sp³-hybridized carbons (Fsp3) is 1.00. The molecule has 3 nitrogen and oxygen atoms in total. The Morgan fingerprint density at radius 2 is 1.88 bits per heavy atom. The number of hydrogen-bond acceptors (Lipinski definition) is 3. The SMILES string of the molecule is CC1CNC(C)(C)CN1CC1(C)CCOCC1. The molecule has 2 fully saturated rings. The van der Waals surface area contributed by atoms with Crippen molar-refractivity contribution >= 4 is 0 Å². The van der Waals surface area contributed by atoms with Gasteiger partial charge >= 0.3 is 0 Å². The molecule has 0 aliphatic carbocycles. The van der Waals surface area contributed by atoms with E-state index in [4.69, 9.17) is 4.74 Å². The maximum Gasteiger partial charge on any atom is 0.0471 e. The zero-order chi connectivity index (χ0) is 12.5. The standard InChI is InChI=1S/C14H28N2O/c1-12-9-15-13(2,3)10-16(12)11-14(4)5-7-17-8-6-14/h12,15H,5-11H2,1-4H3. The average molecular weight is 240 g/mol. The van der Waals surface area contributed by atoms with E-state index in [1.165, 1.54) is 19.4 Å². The first-order valence-corrected chi connectivity index (χ1v) is 6.97. The van der Waals surface area contributed by atoms with Gasteiger partial charge in [0, 0.05) is 44.4 Å². The van der Waals surface area contributed by atoms with Crippen molar-refractivity contribution in [3.05, 3.63) is 0 Å². The van der Waals surface area contributed by atoms with Gasteiger partial charge in [-0.15, -0.1) is 0 Å². The largest absolute Gasteiger partial charge is 0.381 e. The summed E-state index contributed by atoms with van der Waals surface area (Å²) in [6.45, 7) is 14.8. The third kappa shape index (κ3) is 3.43. The highest BCUT2D eigenvalue weighted by molar-refractivity contribution is 4.93. The lowest BCUT2D eigenvalue weighted by atomic mass is 9.81. The second-order valence-electron chi connectivity index (χ2n) is 6.94. The lowest BCUT2D eigenvalue weighted by Gasteiger charge is -2.47. The normalized spacial score (nSPS) is 33.5. The van der Waals surface area contributed by atoms with Gasteiger partial charge in [-0.1, -0.05) is 6.92 Å². The van der Waals surface area contributed by atoms with Gasteiger partial charge in [0.25, 0.3) is 0 Å². The molecule has 0 aromatic heterocycles. The highest BCUT2D eigenvalue weighted by Gasteiger charge is 2.36. The number of rotatable bonds is 2. The molecule has 2 aliphatic heterocycles. The minimum Gasteiger partial charge on any atom is -0.381 e. The summed E-state index contributed by atoms with van der Waals surface area (Å²) in [7, 11) is 0. The summed E-state index contributed by atoms with van der Waals surface area (Å²) in [4.78, 5) is 2.67. The van der Waals surface area contributed by atoms with Crippen molar-refractivity contribution in [2.75, 3.05) is 32.8 Å². The Balaban J connectivity index is 1.96. The monoisotopic (exact) mass is 240 g/mol. The van der Waals surface area contributed by atoms with Gasteiger partial charge in [-0.25, -0.2) is 0 Å². The van der Waals surface area contributed by atoms with Gasteiger partial charge < -0.3 is 10.1 Å². The van der Waals surface area contributed by atoms with E-state index in [1.807, 2.05) is 0 Å². The van der Waals surface area contributed by atoms with Gasteiger partial charge in [0.1, 0.15) is 0 Å². The Labute approximate surface area is 106 Å². The molecule has 2 heterocycles. The summed E-state index contributed by atoms with van der Waals surface area (Å²) in [5.41, 5.74) is 0.716. The molecule has 17 heavy (non-hydrogen) atoms. The van der Waals surface area contributed by atoms with E-state index >= 15 is 0 Å². The molecule has 1 N–H and O–H groups in total. The minimum absolute atomic E-state index is 0.258. The Kier molecular flexibility index (Phi) is 3.81. The van der Waals surface area contributed by atoms with Crippen molar-refractivity contribution in [2.24, 2.45) is 5.41 Å². The highest BCUT2D eigenvalue weighted by atomic mass is 16.5. The molecule has 2 rings (SSSR count). The van der Waals surface area contributed by atoms with E-state index < -0.39 is 0 Å². The summed E-state index contributed by atoms with van der Waals surface area (Å²) < 4.78 is 5.49. The molecule has 0 bridgehead atoms. The van der Waals surface area contributed by atoms with E-state index in [-0.39, 0.29) is 5.54 Å². The highest BCUT2D eigenvalue weighted by Crippen LogP contribution is 2.32. The smallest absolute Gasteiger partial charge is 0.0471 e. The minimum atomic E-state index is 0.258. The summed E-state index contributed by atoms with van der Waals surface area (Å²) in [6.07, 6.45) is 2.42. The van der Waals surface area contributed by atoms with E-state index in [0.29, 0.717) is 11.5 Å². The zero-order valence-electron chi connectivity index (χ0n) is 11.9. The van der Waals surface area contributed by atoms with Crippen LogP contribution in [0.3, 0.4) is 0 Å². The van der Waals surface area contributed by atoms with Gasteiger partial charge in [-0.05, 0) is 39.0 Å². The first-order valence-electron chi connectivity index (χ1n) is 6.97. The molecule has 0 aromatic carbocycles. The van der Waals surface area contributed by atoms with Gasteiger partial charge in [0.2, 0.25) is 0 Å². The van der Waals surface area contributed by atoms with Crippen molar-refractivity contribution < 1.29 is 4.74 Å². The average Bonchev–Trinajstić information content (AvgIpc) is 2.24. The number of piperazine rings is 1. The Morgan fingerprint density at radius 3 is 2.53 bits per heavy atom. The number of nitrogens with one attached hydrogen (secondary N) is 1. The van der Waals surface area contributed by atoms with Crippen LogP contribution in [0.15, 0.2) is 0 Å². The van der Waals surface area contributed by atoms with Crippen LogP contribution >= 0.6 is 0 Å². The van der Waals surface area contributed by atoms with E-state index in [0.717, 1.165) is 26.3 Å². The summed E-state index contributed by atoms with van der Waals surface area (Å²) in [6, 6.07) is 0.655. The van der Waals surface area contributed by atoms with Crippen molar-refractivity contribution in [2.45, 2.75) is 52.1 Å². The molecule has 2 saturated heterocycles. The molecule has 0 radical (unpaired) electrons. The second kappa shape index (κ2) is 4.87. The van der Waals surface area contributed by atoms with Crippen LogP contribution < -0.4 is 5.32 Å². The van der Waals surface area contributed by atoms with Crippen LogP contribution in [0.4, 0.5) is 0 Å². The lowest BCUT2D eigenvalue weighted by Crippen LogP contribution is -2.62. The van der Waals surface area contributed by atoms with E-state index in [1.54, 1.807) is 0 Å². The summed E-state index contributed by atoms with van der Waals surface area (Å²) in [5, 5.41) is 3.62. The summed E-state index contributed by atoms with van der Waals surface area (Å²) >= 11 is 0. The molecule has 0 spiro atoms. The molecule has 1 atom stereocenters. The third-order valence-corrected chi connectivity index (χ3v) is 4.38. The second-order valence-corrected chi connectivity index (χ2v) is 6.94. The van der Waals surface area contributed by atoms with Crippen LogP contribution in [-0.2, 0) is 4.74 Å². The molecule has 0 saturated carbocycles. The quantitative estimate of drug-likeness (QED) is 0.797. The molecule has 1 unspecified atom stereocenters. The zero-order valence-corrected chi connectivity index (χ0v) is 11.9. The van der Waals surface area contributed by atoms with Crippen LogP contribution in [0, 0.1) is 5.41 Å². The maximum absolute atomic E-state index is 5.49. The number of nitrogens with zero attached hydrogens (tertiary/aromatic N) is 1. The molecular formula is C14H28N2O. The first-order chi connectivity index (χ1) is 7.90. The van der Waals surface area contributed by atoms with Crippen LogP contribution in [0.25, 0.3) is 0 Å². The predicted molar refractivity (Wildman–Crippen MR) is 71.3 cm³/mol. The van der Waals surface area contributed by atoms with Crippen LogP contribution in [0.5, 0.6) is 0 Å². The van der Waals surface area contributed by atoms with Crippen LogP contribution in [0.1, 0.15) is 40.5 Å². The molecule has 0 amide bonds. The number of hydrogen-bond donors (Lipinski definition) is 1. The molecule has 100 valence electrons. The van der Waals surface area contributed by atoms with Crippen molar-refractivity contribution in [1.82, 2.24) is 10.2 Å². The third-order valence-electron chi connectivity index (χ3n) is 4.38. The van der Waals surface area contributed by atoms with Crippen molar-refractivity contribution in [3.8, 4) is 0 Å². The van der Waals surface area contributed by atoms with Gasteiger partial charge in [-0.2, -0.15) is 0 Å². The van der Waals surface area contributed by atoms with E-state index in [2.05, 4.69) is 37.9 Å². The van der Waals surface area contributed by atoms with E-state index in [9.17, 15) is 0 Å². The van der Waals surface area contributed by atoms with Gasteiger partial charge in [-0.3, -0.25) is 4.90 Å². The Hall–Kier alpha value is -0.120. The summed E-state index contributed by atoms with van der Waals surface area (Å²) in [5.74, 6) is 0. The fourth-order valence-corrected chi connectivity index (χ4v) is 3.00. The van der Waals surface area contributed by atoms with Gasteiger partial charge in [0.15, 0.2) is 0 Å². The molecule has 3 heteroatoms.